The van der Waals surface area contributed by atoms with Gasteiger partial charge in [0.05, 0.1) is 5.75 Å². The fourth-order valence-corrected chi connectivity index (χ4v) is 2.08. The lowest BCUT2D eigenvalue weighted by molar-refractivity contribution is -0.104. The minimum absolute atomic E-state index is 0.608. The molecule has 0 heterocycles. The van der Waals surface area contributed by atoms with Crippen LogP contribution in [0, 0.1) is 0 Å². The SMILES string of the molecule is FC(F)(F)CSP([S-])[S-]. The van der Waals surface area contributed by atoms with E-state index in [2.05, 4.69) is 24.5 Å². The molecule has 0 amide bonds. The fraction of sp³-hybridized carbons (Fsp3) is 1.00. The summed E-state index contributed by atoms with van der Waals surface area (Å²) in [6.07, 6.45) is -4.12. The van der Waals surface area contributed by atoms with Gasteiger partial charge >= 0.3 is 6.18 Å². The van der Waals surface area contributed by atoms with E-state index in [-0.39, 0.29) is 0 Å². The van der Waals surface area contributed by atoms with E-state index >= 15 is 0 Å². The molecule has 0 aromatic heterocycles. The summed E-state index contributed by atoms with van der Waals surface area (Å²) in [7, 11) is 0. The van der Waals surface area contributed by atoms with Crippen LogP contribution in [0.5, 0.6) is 0 Å². The molecule has 0 fully saturated rings. The van der Waals surface area contributed by atoms with Crippen LogP contribution in [0.2, 0.25) is 0 Å². The molecule has 0 aromatic rings. The van der Waals surface area contributed by atoms with Crippen LogP contribution in [0.4, 0.5) is 13.2 Å². The largest absolute Gasteiger partial charge is 0.773 e. The summed E-state index contributed by atoms with van der Waals surface area (Å²) in [5, 5.41) is 0. The Balaban J connectivity index is 3.28. The third-order valence-electron chi connectivity index (χ3n) is 0.334. The molecule has 0 aromatic carbocycles. The van der Waals surface area contributed by atoms with E-state index in [0.717, 1.165) is 0 Å². The van der Waals surface area contributed by atoms with E-state index < -0.39 is 17.5 Å². The predicted molar refractivity (Wildman–Crippen MR) is 40.2 cm³/mol. The van der Waals surface area contributed by atoms with Crippen molar-refractivity contribution in [1.82, 2.24) is 0 Å². The highest BCUT2D eigenvalue weighted by molar-refractivity contribution is 8.98. The summed E-state index contributed by atoms with van der Waals surface area (Å²) in [5.41, 5.74) is -1.30. The Bertz CT molecular complexity index is 81.6. The van der Waals surface area contributed by atoms with Crippen LogP contribution in [-0.2, 0) is 24.5 Å². The average molecular weight is 210 g/mol. The molecular formula is C2H2F3PS3-2. The standard InChI is InChI=1S/C2H2F3PS3/c3-2(4,5)1-9-6(7)8/h1H2/q-2. The van der Waals surface area contributed by atoms with Crippen molar-refractivity contribution in [2.45, 2.75) is 6.18 Å². The van der Waals surface area contributed by atoms with Crippen LogP contribution < -0.4 is 0 Å². The topological polar surface area (TPSA) is 0 Å². The maximum Gasteiger partial charge on any atom is 0.398 e. The van der Waals surface area contributed by atoms with Crippen molar-refractivity contribution >= 4 is 41.4 Å². The number of alkyl halides is 3. The highest BCUT2D eigenvalue weighted by atomic mass is 33.3. The minimum Gasteiger partial charge on any atom is -0.773 e. The van der Waals surface area contributed by atoms with E-state index in [1.165, 1.54) is 0 Å². The van der Waals surface area contributed by atoms with Crippen molar-refractivity contribution in [2.75, 3.05) is 5.75 Å². The highest BCUT2D eigenvalue weighted by Crippen LogP contribution is 2.47. The third kappa shape index (κ3) is 9.27. The van der Waals surface area contributed by atoms with Gasteiger partial charge in [-0.3, -0.25) is 0 Å². The lowest BCUT2D eigenvalue weighted by Crippen LogP contribution is -2.09. The van der Waals surface area contributed by atoms with Crippen molar-refractivity contribution in [3.63, 3.8) is 0 Å². The maximum absolute atomic E-state index is 11.3. The van der Waals surface area contributed by atoms with E-state index in [1.54, 1.807) is 0 Å². The first-order chi connectivity index (χ1) is 3.92. The van der Waals surface area contributed by atoms with Gasteiger partial charge < -0.3 is 30.0 Å². The molecular weight excluding hydrogens is 208 g/mol. The van der Waals surface area contributed by atoms with Gasteiger partial charge in [0, 0.05) is 0 Å². The number of halogens is 3. The van der Waals surface area contributed by atoms with Gasteiger partial charge in [0.15, 0.2) is 0 Å². The van der Waals surface area contributed by atoms with Gasteiger partial charge in [-0.15, -0.1) is 0 Å². The Kier molecular flexibility index (Phi) is 4.81. The smallest absolute Gasteiger partial charge is 0.398 e. The van der Waals surface area contributed by atoms with Crippen molar-refractivity contribution in [3.05, 3.63) is 0 Å². The summed E-state index contributed by atoms with van der Waals surface area (Å²) in [4.78, 5) is 0. The Morgan fingerprint density at radius 3 is 1.89 bits per heavy atom. The second-order valence-corrected chi connectivity index (χ2v) is 8.25. The Morgan fingerprint density at radius 2 is 1.78 bits per heavy atom. The molecule has 0 spiro atoms. The molecule has 0 nitrogen and oxygen atoms in total. The number of rotatable bonds is 2. The van der Waals surface area contributed by atoms with Crippen LogP contribution in [0.1, 0.15) is 0 Å². The molecule has 0 saturated heterocycles. The zero-order valence-corrected chi connectivity index (χ0v) is 7.36. The van der Waals surface area contributed by atoms with Gasteiger partial charge in [-0.2, -0.15) is 24.6 Å². The van der Waals surface area contributed by atoms with E-state index in [1.807, 2.05) is 0 Å². The van der Waals surface area contributed by atoms with Gasteiger partial charge in [-0.25, -0.2) is 0 Å². The number of hydrogen-bond donors (Lipinski definition) is 0. The molecule has 56 valence electrons. The molecule has 0 rings (SSSR count). The summed E-state index contributed by atoms with van der Waals surface area (Å²) >= 11 is 9.39. The summed E-state index contributed by atoms with van der Waals surface area (Å²) in [6.45, 7) is 0. The molecule has 0 saturated carbocycles. The van der Waals surface area contributed by atoms with Crippen LogP contribution in [0.3, 0.4) is 0 Å². The molecule has 0 aliphatic rings. The molecule has 0 unspecified atom stereocenters. The van der Waals surface area contributed by atoms with Crippen molar-refractivity contribution in [1.29, 1.82) is 0 Å². The van der Waals surface area contributed by atoms with Gasteiger partial charge in [0.25, 0.3) is 0 Å². The molecule has 0 aliphatic carbocycles. The molecule has 7 heteroatoms. The van der Waals surface area contributed by atoms with Crippen molar-refractivity contribution in [2.24, 2.45) is 0 Å². The molecule has 0 atom stereocenters. The zero-order valence-electron chi connectivity index (χ0n) is 4.01. The first-order valence-corrected chi connectivity index (χ1v) is 6.72. The molecule has 0 bridgehead atoms. The first-order valence-electron chi connectivity index (χ1n) is 1.76. The van der Waals surface area contributed by atoms with Crippen LogP contribution in [0.25, 0.3) is 0 Å². The van der Waals surface area contributed by atoms with Crippen molar-refractivity contribution in [3.8, 4) is 0 Å². The third-order valence-corrected chi connectivity index (χ3v) is 3.92. The molecule has 0 N–H and O–H groups in total. The first kappa shape index (κ1) is 10.3. The zero-order chi connectivity index (χ0) is 7.49. The Morgan fingerprint density at radius 1 is 1.33 bits per heavy atom. The summed E-state index contributed by atoms with van der Waals surface area (Å²) in [5.74, 6) is -0.911. The average Bonchev–Trinajstić information content (AvgIpc) is 1.59. The van der Waals surface area contributed by atoms with E-state index in [0.29, 0.717) is 11.4 Å². The minimum atomic E-state index is -4.12. The predicted octanol–water partition coefficient (Wildman–Crippen LogP) is 2.60. The fourth-order valence-electron chi connectivity index (χ4n) is 0.126. The monoisotopic (exact) mass is 210 g/mol. The Hall–Kier alpha value is 1.27. The Labute approximate surface area is 66.8 Å². The normalized spacial score (nSPS) is 12.7. The highest BCUT2D eigenvalue weighted by Gasteiger charge is 2.25. The molecule has 0 aliphatic heterocycles. The quantitative estimate of drug-likeness (QED) is 0.508. The van der Waals surface area contributed by atoms with E-state index in [4.69, 9.17) is 0 Å². The van der Waals surface area contributed by atoms with Gasteiger partial charge in [0.2, 0.25) is 0 Å². The van der Waals surface area contributed by atoms with Crippen LogP contribution >= 0.6 is 16.9 Å². The summed E-state index contributed by atoms with van der Waals surface area (Å²) < 4.78 is 33.9. The maximum atomic E-state index is 11.3. The number of hydrogen-bond acceptors (Lipinski definition) is 3. The van der Waals surface area contributed by atoms with Gasteiger partial charge in [-0.05, 0) is 0 Å². The van der Waals surface area contributed by atoms with Crippen LogP contribution in [0.15, 0.2) is 0 Å². The molecule has 9 heavy (non-hydrogen) atoms. The lowest BCUT2D eigenvalue weighted by Gasteiger charge is -2.31. The molecule has 0 radical (unpaired) electrons. The van der Waals surface area contributed by atoms with Crippen molar-refractivity contribution < 1.29 is 13.2 Å². The van der Waals surface area contributed by atoms with Gasteiger partial charge in [0.1, 0.15) is 0 Å². The van der Waals surface area contributed by atoms with Crippen LogP contribution in [-0.4, -0.2) is 11.9 Å². The lowest BCUT2D eigenvalue weighted by atomic mass is 10.8. The van der Waals surface area contributed by atoms with Gasteiger partial charge in [-0.1, -0.05) is 0 Å². The van der Waals surface area contributed by atoms with E-state index in [9.17, 15) is 13.2 Å². The second kappa shape index (κ2) is 4.21. The second-order valence-electron chi connectivity index (χ2n) is 1.11. The summed E-state index contributed by atoms with van der Waals surface area (Å²) in [6, 6.07) is 0.